The van der Waals surface area contributed by atoms with Crippen molar-refractivity contribution in [2.24, 2.45) is 0 Å². The second kappa shape index (κ2) is 9.22. The second-order valence-corrected chi connectivity index (χ2v) is 9.11. The minimum atomic E-state index is 0.249. The first-order chi connectivity index (χ1) is 13.7. The van der Waals surface area contributed by atoms with Crippen molar-refractivity contribution < 1.29 is 4.79 Å². The standard InChI is InChI=1S/C20H26ClN5OS/c21-18-5-4-17(28-18)15-23-7-9-24(10-8-23)16-20(27)26-13-11-25(12-14-26)19-3-1-2-6-22-19/h1-6H,7-16H2. The van der Waals surface area contributed by atoms with Crippen LogP contribution in [-0.2, 0) is 11.3 Å². The molecule has 2 aliphatic rings. The molecule has 0 radical (unpaired) electrons. The molecule has 150 valence electrons. The summed E-state index contributed by atoms with van der Waals surface area (Å²) in [5.74, 6) is 1.25. The molecule has 2 aromatic rings. The van der Waals surface area contributed by atoms with Gasteiger partial charge in [-0.25, -0.2) is 4.98 Å². The van der Waals surface area contributed by atoms with Crippen molar-refractivity contribution in [1.82, 2.24) is 19.7 Å². The molecule has 4 rings (SSSR count). The number of pyridine rings is 1. The maximum Gasteiger partial charge on any atom is 0.236 e. The summed E-state index contributed by atoms with van der Waals surface area (Å²) in [5, 5.41) is 0. The van der Waals surface area contributed by atoms with Crippen LogP contribution < -0.4 is 4.90 Å². The summed E-state index contributed by atoms with van der Waals surface area (Å²) in [6.07, 6.45) is 1.82. The third-order valence-electron chi connectivity index (χ3n) is 5.44. The Balaban J connectivity index is 1.19. The van der Waals surface area contributed by atoms with Crippen molar-refractivity contribution in [2.45, 2.75) is 6.54 Å². The number of carbonyl (C=O) groups excluding carboxylic acids is 1. The van der Waals surface area contributed by atoms with E-state index in [0.717, 1.165) is 69.1 Å². The van der Waals surface area contributed by atoms with Crippen molar-refractivity contribution in [2.75, 3.05) is 63.8 Å². The second-order valence-electron chi connectivity index (χ2n) is 7.31. The van der Waals surface area contributed by atoms with Crippen LogP contribution in [0.4, 0.5) is 5.82 Å². The number of halogens is 1. The average molecular weight is 420 g/mol. The highest BCUT2D eigenvalue weighted by molar-refractivity contribution is 7.16. The number of nitrogens with zero attached hydrogens (tertiary/aromatic N) is 5. The highest BCUT2D eigenvalue weighted by Gasteiger charge is 2.25. The SMILES string of the molecule is O=C(CN1CCN(Cc2ccc(Cl)s2)CC1)N1CCN(c2ccccn2)CC1. The summed E-state index contributed by atoms with van der Waals surface area (Å²) in [6.45, 7) is 8.60. The molecular formula is C20H26ClN5OS. The van der Waals surface area contributed by atoms with Crippen molar-refractivity contribution in [3.8, 4) is 0 Å². The number of piperazine rings is 2. The minimum absolute atomic E-state index is 0.249. The monoisotopic (exact) mass is 419 g/mol. The molecule has 0 atom stereocenters. The Morgan fingerprint density at radius 3 is 2.36 bits per heavy atom. The van der Waals surface area contributed by atoms with Crippen LogP contribution >= 0.6 is 22.9 Å². The van der Waals surface area contributed by atoms with Gasteiger partial charge in [0.05, 0.1) is 10.9 Å². The predicted molar refractivity (Wildman–Crippen MR) is 114 cm³/mol. The van der Waals surface area contributed by atoms with Gasteiger partial charge in [-0.3, -0.25) is 14.6 Å². The fourth-order valence-electron chi connectivity index (χ4n) is 3.78. The number of hydrogen-bond donors (Lipinski definition) is 0. The Bertz CT molecular complexity index is 770. The molecule has 2 aromatic heterocycles. The molecule has 2 aliphatic heterocycles. The van der Waals surface area contributed by atoms with Crippen LogP contribution in [0.25, 0.3) is 0 Å². The van der Waals surface area contributed by atoms with Gasteiger partial charge in [-0.15, -0.1) is 11.3 Å². The van der Waals surface area contributed by atoms with E-state index in [1.807, 2.05) is 35.4 Å². The van der Waals surface area contributed by atoms with Crippen LogP contribution in [0.2, 0.25) is 4.34 Å². The molecule has 0 saturated carbocycles. The molecule has 1 amide bonds. The first kappa shape index (κ1) is 19.6. The average Bonchev–Trinajstić information content (AvgIpc) is 3.15. The van der Waals surface area contributed by atoms with Gasteiger partial charge in [0.25, 0.3) is 0 Å². The molecule has 2 fully saturated rings. The van der Waals surface area contributed by atoms with Gasteiger partial charge in [0.15, 0.2) is 0 Å². The van der Waals surface area contributed by atoms with Crippen LogP contribution in [0, 0.1) is 0 Å². The molecule has 0 bridgehead atoms. The van der Waals surface area contributed by atoms with Gasteiger partial charge >= 0.3 is 0 Å². The first-order valence-electron chi connectivity index (χ1n) is 9.80. The predicted octanol–water partition coefficient (Wildman–Crippen LogP) is 2.26. The van der Waals surface area contributed by atoms with E-state index >= 15 is 0 Å². The van der Waals surface area contributed by atoms with Gasteiger partial charge in [-0.2, -0.15) is 0 Å². The Hall–Kier alpha value is -1.67. The lowest BCUT2D eigenvalue weighted by molar-refractivity contribution is -0.133. The van der Waals surface area contributed by atoms with Gasteiger partial charge in [0.2, 0.25) is 5.91 Å². The highest BCUT2D eigenvalue weighted by Crippen LogP contribution is 2.23. The number of aromatic nitrogens is 1. The van der Waals surface area contributed by atoms with Crippen molar-refractivity contribution in [3.63, 3.8) is 0 Å². The number of rotatable bonds is 5. The van der Waals surface area contributed by atoms with Crippen molar-refractivity contribution in [3.05, 3.63) is 45.7 Å². The number of thiophene rings is 1. The topological polar surface area (TPSA) is 42.9 Å². The van der Waals surface area contributed by atoms with E-state index in [-0.39, 0.29) is 5.91 Å². The number of hydrogen-bond acceptors (Lipinski definition) is 6. The zero-order chi connectivity index (χ0) is 19.3. The van der Waals surface area contributed by atoms with Crippen molar-refractivity contribution >= 4 is 34.7 Å². The van der Waals surface area contributed by atoms with Crippen LogP contribution in [0.1, 0.15) is 4.88 Å². The largest absolute Gasteiger partial charge is 0.353 e. The molecule has 8 heteroatoms. The van der Waals surface area contributed by atoms with Gasteiger partial charge in [-0.1, -0.05) is 17.7 Å². The molecule has 0 aromatic carbocycles. The Morgan fingerprint density at radius 1 is 0.964 bits per heavy atom. The van der Waals surface area contributed by atoms with Crippen LogP contribution in [0.3, 0.4) is 0 Å². The Morgan fingerprint density at radius 2 is 1.71 bits per heavy atom. The number of carbonyl (C=O) groups is 1. The summed E-state index contributed by atoms with van der Waals surface area (Å²) in [7, 11) is 0. The quantitative estimate of drug-likeness (QED) is 0.743. The van der Waals surface area contributed by atoms with Crippen LogP contribution in [0.5, 0.6) is 0 Å². The lowest BCUT2D eigenvalue weighted by atomic mass is 10.2. The molecule has 6 nitrogen and oxygen atoms in total. The van der Waals surface area contributed by atoms with E-state index in [9.17, 15) is 4.79 Å². The molecule has 2 saturated heterocycles. The fraction of sp³-hybridized carbons (Fsp3) is 0.500. The third-order valence-corrected chi connectivity index (χ3v) is 6.65. The Kier molecular flexibility index (Phi) is 6.47. The van der Waals surface area contributed by atoms with E-state index in [1.54, 1.807) is 11.3 Å². The smallest absolute Gasteiger partial charge is 0.236 e. The maximum absolute atomic E-state index is 12.7. The number of amides is 1. The van der Waals surface area contributed by atoms with E-state index in [2.05, 4.69) is 25.8 Å². The maximum atomic E-state index is 12.7. The normalized spacial score (nSPS) is 19.2. The summed E-state index contributed by atoms with van der Waals surface area (Å²) in [6, 6.07) is 10.0. The van der Waals surface area contributed by atoms with Crippen molar-refractivity contribution in [1.29, 1.82) is 0 Å². The fourth-order valence-corrected chi connectivity index (χ4v) is 4.91. The summed E-state index contributed by atoms with van der Waals surface area (Å²) >= 11 is 7.67. The lowest BCUT2D eigenvalue weighted by Gasteiger charge is -2.38. The van der Waals surface area contributed by atoms with Gasteiger partial charge in [0.1, 0.15) is 5.82 Å². The van der Waals surface area contributed by atoms with E-state index in [1.165, 1.54) is 4.88 Å². The minimum Gasteiger partial charge on any atom is -0.353 e. The molecule has 0 N–H and O–H groups in total. The van der Waals surface area contributed by atoms with E-state index in [4.69, 9.17) is 11.6 Å². The van der Waals surface area contributed by atoms with Gasteiger partial charge < -0.3 is 9.80 Å². The zero-order valence-corrected chi connectivity index (χ0v) is 17.5. The van der Waals surface area contributed by atoms with Crippen LogP contribution in [0.15, 0.2) is 36.5 Å². The summed E-state index contributed by atoms with van der Waals surface area (Å²) in [4.78, 5) is 27.4. The molecule has 0 spiro atoms. The number of anilines is 1. The highest BCUT2D eigenvalue weighted by atomic mass is 35.5. The summed E-state index contributed by atoms with van der Waals surface area (Å²) < 4.78 is 0.849. The first-order valence-corrected chi connectivity index (χ1v) is 11.0. The third kappa shape index (κ3) is 5.03. The lowest BCUT2D eigenvalue weighted by Crippen LogP contribution is -2.53. The van der Waals surface area contributed by atoms with Crippen LogP contribution in [-0.4, -0.2) is 84.5 Å². The molecular weight excluding hydrogens is 394 g/mol. The molecule has 28 heavy (non-hydrogen) atoms. The van der Waals surface area contributed by atoms with E-state index < -0.39 is 0 Å². The van der Waals surface area contributed by atoms with E-state index in [0.29, 0.717) is 6.54 Å². The van der Waals surface area contributed by atoms with Gasteiger partial charge in [0, 0.05) is 70.0 Å². The zero-order valence-electron chi connectivity index (χ0n) is 16.0. The summed E-state index contributed by atoms with van der Waals surface area (Å²) in [5.41, 5.74) is 0. The molecule has 0 aliphatic carbocycles. The molecule has 4 heterocycles. The Labute approximate surface area is 175 Å². The van der Waals surface area contributed by atoms with Gasteiger partial charge in [-0.05, 0) is 24.3 Å². The molecule has 0 unspecified atom stereocenters.